The number of fused-ring (bicyclic) bond motifs is 1. The second-order valence-corrected chi connectivity index (χ2v) is 5.86. The molecule has 0 saturated carbocycles. The van der Waals surface area contributed by atoms with E-state index in [0.29, 0.717) is 23.0 Å². The smallest absolute Gasteiger partial charge is 0.275 e. The van der Waals surface area contributed by atoms with Crippen molar-refractivity contribution in [2.75, 3.05) is 6.54 Å². The first kappa shape index (κ1) is 14.8. The van der Waals surface area contributed by atoms with Gasteiger partial charge in [-0.05, 0) is 39.2 Å². The number of carbonyl (C=O) groups is 1. The molecule has 3 rings (SSSR count). The highest BCUT2D eigenvalue weighted by Crippen LogP contribution is 2.21. The summed E-state index contributed by atoms with van der Waals surface area (Å²) in [4.78, 5) is 27.2. The number of hydrogen-bond donors (Lipinski definition) is 0. The van der Waals surface area contributed by atoms with E-state index in [-0.39, 0.29) is 17.5 Å². The molecule has 1 aromatic carbocycles. The van der Waals surface area contributed by atoms with E-state index < -0.39 is 0 Å². The summed E-state index contributed by atoms with van der Waals surface area (Å²) in [5.41, 5.74) is 0.257. The van der Waals surface area contributed by atoms with Crippen LogP contribution in [0.25, 0.3) is 10.8 Å². The van der Waals surface area contributed by atoms with Gasteiger partial charge in [-0.15, -0.1) is 0 Å². The Hall–Kier alpha value is -2.17. The number of aryl methyl sites for hydroxylation is 1. The second-order valence-electron chi connectivity index (χ2n) is 5.86. The minimum absolute atomic E-state index is 0.0643. The fourth-order valence-electron chi connectivity index (χ4n) is 3.14. The lowest BCUT2D eigenvalue weighted by Crippen LogP contribution is -2.43. The summed E-state index contributed by atoms with van der Waals surface area (Å²) in [6.45, 7) is 5.16. The zero-order valence-electron chi connectivity index (χ0n) is 13.1. The van der Waals surface area contributed by atoms with Gasteiger partial charge in [0.05, 0.1) is 5.39 Å². The molecule has 2 heterocycles. The summed E-state index contributed by atoms with van der Waals surface area (Å²) >= 11 is 0. The van der Waals surface area contributed by atoms with Crippen LogP contribution in [-0.4, -0.2) is 33.2 Å². The van der Waals surface area contributed by atoms with Crippen LogP contribution in [0.2, 0.25) is 0 Å². The second kappa shape index (κ2) is 5.91. The Morgan fingerprint density at radius 1 is 1.27 bits per heavy atom. The van der Waals surface area contributed by atoms with Crippen LogP contribution in [0.3, 0.4) is 0 Å². The Balaban J connectivity index is 2.15. The summed E-state index contributed by atoms with van der Waals surface area (Å²) in [5, 5.41) is 5.56. The highest BCUT2D eigenvalue weighted by molar-refractivity contribution is 6.04. The monoisotopic (exact) mass is 299 g/mol. The summed E-state index contributed by atoms with van der Waals surface area (Å²) in [5.74, 6) is -0.0643. The van der Waals surface area contributed by atoms with Gasteiger partial charge in [-0.1, -0.05) is 18.2 Å². The highest BCUT2D eigenvalue weighted by atomic mass is 16.2. The van der Waals surface area contributed by atoms with Gasteiger partial charge in [0.1, 0.15) is 0 Å². The number of hydrogen-bond acceptors (Lipinski definition) is 3. The van der Waals surface area contributed by atoms with Crippen LogP contribution in [0.1, 0.15) is 43.6 Å². The standard InChI is InChI=1S/C17H21N3O2/c1-3-20-16(21)14-10-5-4-9-13(14)15(18-20)17(22)19-11-7-6-8-12(19)2/h4-5,9-10,12H,3,6-8,11H2,1-2H3/t12-/m0/s1. The van der Waals surface area contributed by atoms with Gasteiger partial charge in [0.15, 0.2) is 5.69 Å². The summed E-state index contributed by atoms with van der Waals surface area (Å²) in [7, 11) is 0. The van der Waals surface area contributed by atoms with Crippen molar-refractivity contribution in [3.63, 3.8) is 0 Å². The van der Waals surface area contributed by atoms with E-state index in [1.165, 1.54) is 4.68 Å². The molecule has 5 heteroatoms. The van der Waals surface area contributed by atoms with Crippen molar-refractivity contribution in [2.24, 2.45) is 0 Å². The average molecular weight is 299 g/mol. The molecule has 0 spiro atoms. The lowest BCUT2D eigenvalue weighted by molar-refractivity contribution is 0.0629. The fourth-order valence-corrected chi connectivity index (χ4v) is 3.14. The topological polar surface area (TPSA) is 55.2 Å². The number of aromatic nitrogens is 2. The van der Waals surface area contributed by atoms with Crippen LogP contribution in [0.4, 0.5) is 0 Å². The average Bonchev–Trinajstić information content (AvgIpc) is 2.55. The normalized spacial score (nSPS) is 18.6. The van der Waals surface area contributed by atoms with Crippen molar-refractivity contribution in [1.29, 1.82) is 0 Å². The predicted molar refractivity (Wildman–Crippen MR) is 86.0 cm³/mol. The maximum absolute atomic E-state index is 13.0. The molecular formula is C17H21N3O2. The molecule has 0 unspecified atom stereocenters. The van der Waals surface area contributed by atoms with Gasteiger partial charge in [-0.3, -0.25) is 9.59 Å². The maximum Gasteiger partial charge on any atom is 0.275 e. The molecule has 116 valence electrons. The maximum atomic E-state index is 13.0. The van der Waals surface area contributed by atoms with E-state index in [9.17, 15) is 9.59 Å². The van der Waals surface area contributed by atoms with Crippen molar-refractivity contribution in [3.8, 4) is 0 Å². The lowest BCUT2D eigenvalue weighted by atomic mass is 10.0. The van der Waals surface area contributed by atoms with Gasteiger partial charge in [0.25, 0.3) is 11.5 Å². The molecule has 1 amide bonds. The van der Waals surface area contributed by atoms with Crippen LogP contribution in [-0.2, 0) is 6.54 Å². The third-order valence-corrected chi connectivity index (χ3v) is 4.43. The molecule has 1 aromatic heterocycles. The number of benzene rings is 1. The van der Waals surface area contributed by atoms with Crippen LogP contribution in [0.5, 0.6) is 0 Å². The molecule has 5 nitrogen and oxygen atoms in total. The van der Waals surface area contributed by atoms with E-state index in [4.69, 9.17) is 0 Å². The first-order chi connectivity index (χ1) is 10.6. The molecule has 1 fully saturated rings. The molecule has 1 aliphatic heterocycles. The molecule has 0 radical (unpaired) electrons. The minimum atomic E-state index is -0.138. The van der Waals surface area contributed by atoms with Gasteiger partial charge in [0, 0.05) is 24.5 Å². The summed E-state index contributed by atoms with van der Waals surface area (Å²) in [6.07, 6.45) is 3.21. The van der Waals surface area contributed by atoms with Crippen molar-refractivity contribution in [3.05, 3.63) is 40.3 Å². The molecule has 1 aliphatic rings. The van der Waals surface area contributed by atoms with E-state index >= 15 is 0 Å². The molecular weight excluding hydrogens is 278 g/mol. The van der Waals surface area contributed by atoms with Crippen molar-refractivity contribution < 1.29 is 4.79 Å². The van der Waals surface area contributed by atoms with Crippen LogP contribution >= 0.6 is 0 Å². The summed E-state index contributed by atoms with van der Waals surface area (Å²) < 4.78 is 1.38. The van der Waals surface area contributed by atoms with Crippen LogP contribution in [0.15, 0.2) is 29.1 Å². The number of piperidine rings is 1. The molecule has 2 aromatic rings. The van der Waals surface area contributed by atoms with Crippen molar-refractivity contribution in [1.82, 2.24) is 14.7 Å². The van der Waals surface area contributed by atoms with Gasteiger partial charge >= 0.3 is 0 Å². The van der Waals surface area contributed by atoms with E-state index in [2.05, 4.69) is 12.0 Å². The first-order valence-electron chi connectivity index (χ1n) is 7.94. The first-order valence-corrected chi connectivity index (χ1v) is 7.94. The Labute approximate surface area is 129 Å². The molecule has 0 aliphatic carbocycles. The van der Waals surface area contributed by atoms with Gasteiger partial charge in [0.2, 0.25) is 0 Å². The van der Waals surface area contributed by atoms with Gasteiger partial charge in [-0.2, -0.15) is 5.10 Å². The highest BCUT2D eigenvalue weighted by Gasteiger charge is 2.27. The molecule has 1 atom stereocenters. The number of amides is 1. The molecule has 0 N–H and O–H groups in total. The Bertz CT molecular complexity index is 766. The predicted octanol–water partition coefficient (Wildman–Crippen LogP) is 2.43. The van der Waals surface area contributed by atoms with E-state index in [0.717, 1.165) is 25.8 Å². The molecule has 0 bridgehead atoms. The number of nitrogens with zero attached hydrogens (tertiary/aromatic N) is 3. The summed E-state index contributed by atoms with van der Waals surface area (Å²) in [6, 6.07) is 7.47. The van der Waals surface area contributed by atoms with Crippen LogP contribution in [0, 0.1) is 0 Å². The van der Waals surface area contributed by atoms with Crippen molar-refractivity contribution in [2.45, 2.75) is 45.7 Å². The van der Waals surface area contributed by atoms with Crippen molar-refractivity contribution >= 4 is 16.7 Å². The van der Waals surface area contributed by atoms with E-state index in [1.54, 1.807) is 6.07 Å². The third kappa shape index (κ3) is 2.40. The molecule has 1 saturated heterocycles. The quantitative estimate of drug-likeness (QED) is 0.856. The fraction of sp³-hybridized carbons (Fsp3) is 0.471. The minimum Gasteiger partial charge on any atom is -0.335 e. The lowest BCUT2D eigenvalue weighted by Gasteiger charge is -2.33. The third-order valence-electron chi connectivity index (χ3n) is 4.43. The zero-order chi connectivity index (χ0) is 15.7. The van der Waals surface area contributed by atoms with Gasteiger partial charge < -0.3 is 4.90 Å². The number of likely N-dealkylation sites (tertiary alicyclic amines) is 1. The largest absolute Gasteiger partial charge is 0.335 e. The van der Waals surface area contributed by atoms with Crippen LogP contribution < -0.4 is 5.56 Å². The Morgan fingerprint density at radius 3 is 2.68 bits per heavy atom. The Morgan fingerprint density at radius 2 is 2.00 bits per heavy atom. The number of carbonyl (C=O) groups excluding carboxylic acids is 1. The zero-order valence-corrected chi connectivity index (χ0v) is 13.1. The number of rotatable bonds is 2. The Kier molecular flexibility index (Phi) is 3.96. The van der Waals surface area contributed by atoms with E-state index in [1.807, 2.05) is 30.0 Å². The SMILES string of the molecule is CCn1nc(C(=O)N2CCCC[C@@H]2C)c2ccccc2c1=O. The van der Waals surface area contributed by atoms with Gasteiger partial charge in [-0.25, -0.2) is 4.68 Å². The molecule has 22 heavy (non-hydrogen) atoms.